The third-order valence-corrected chi connectivity index (χ3v) is 4.49. The van der Waals surface area contributed by atoms with Gasteiger partial charge in [0, 0.05) is 42.0 Å². The van der Waals surface area contributed by atoms with Gasteiger partial charge in [-0.25, -0.2) is 0 Å². The van der Waals surface area contributed by atoms with Gasteiger partial charge in [-0.3, -0.25) is 24.5 Å². The highest BCUT2D eigenvalue weighted by molar-refractivity contribution is 6.02. The number of nitrogens with zero attached hydrogens (tertiary/aromatic N) is 2. The van der Waals surface area contributed by atoms with E-state index in [2.05, 4.69) is 10.6 Å². The average Bonchev–Trinajstić information content (AvgIpc) is 2.74. The van der Waals surface area contributed by atoms with Crippen LogP contribution in [-0.4, -0.2) is 46.7 Å². The van der Waals surface area contributed by atoms with Crippen molar-refractivity contribution in [1.29, 1.82) is 0 Å². The van der Waals surface area contributed by atoms with Gasteiger partial charge in [0.25, 0.3) is 17.5 Å². The second-order valence-corrected chi connectivity index (χ2v) is 6.55. The molecule has 0 aliphatic rings. The van der Waals surface area contributed by atoms with Crippen LogP contribution in [0.1, 0.15) is 41.5 Å². The normalized spacial score (nSPS) is 11.3. The molecule has 1 unspecified atom stereocenters. The van der Waals surface area contributed by atoms with Crippen LogP contribution >= 0.6 is 0 Å². The Kier molecular flexibility index (Phi) is 7.62. The zero-order valence-corrected chi connectivity index (χ0v) is 17.0. The molecule has 9 nitrogen and oxygen atoms in total. The molecule has 2 N–H and O–H groups in total. The van der Waals surface area contributed by atoms with Crippen LogP contribution < -0.4 is 10.6 Å². The van der Waals surface area contributed by atoms with Crippen LogP contribution in [0.5, 0.6) is 0 Å². The molecule has 3 amide bonds. The Hall–Kier alpha value is -3.75. The Balaban J connectivity index is 2.05. The van der Waals surface area contributed by atoms with E-state index in [0.29, 0.717) is 24.3 Å². The number of hydrogen-bond acceptors (Lipinski definition) is 5. The summed E-state index contributed by atoms with van der Waals surface area (Å²) < 4.78 is 0. The largest absolute Gasteiger partial charge is 0.341 e. The molecule has 0 aliphatic heterocycles. The molecule has 0 saturated heterocycles. The Morgan fingerprint density at radius 1 is 1.03 bits per heavy atom. The molecule has 0 saturated carbocycles. The first-order chi connectivity index (χ1) is 14.3. The van der Waals surface area contributed by atoms with E-state index in [4.69, 9.17) is 0 Å². The highest BCUT2D eigenvalue weighted by atomic mass is 16.6. The number of nitrogens with one attached hydrogen (secondary N) is 2. The van der Waals surface area contributed by atoms with Crippen LogP contribution in [-0.2, 0) is 4.79 Å². The number of hydrogen-bond donors (Lipinski definition) is 2. The van der Waals surface area contributed by atoms with E-state index < -0.39 is 22.8 Å². The minimum atomic E-state index is -0.904. The lowest BCUT2D eigenvalue weighted by atomic mass is 10.1. The molecule has 0 fully saturated rings. The summed E-state index contributed by atoms with van der Waals surface area (Å²) in [5.74, 6) is -1.23. The highest BCUT2D eigenvalue weighted by Crippen LogP contribution is 2.15. The molecule has 0 bridgehead atoms. The first kappa shape index (κ1) is 22.5. The predicted molar refractivity (Wildman–Crippen MR) is 112 cm³/mol. The van der Waals surface area contributed by atoms with Crippen molar-refractivity contribution in [3.05, 3.63) is 69.8 Å². The van der Waals surface area contributed by atoms with E-state index in [1.165, 1.54) is 25.1 Å². The first-order valence-electron chi connectivity index (χ1n) is 9.52. The second kappa shape index (κ2) is 10.1. The molecule has 0 spiro atoms. The molecule has 0 heterocycles. The summed E-state index contributed by atoms with van der Waals surface area (Å²) in [6, 6.07) is 10.9. The highest BCUT2D eigenvalue weighted by Gasteiger charge is 2.19. The third kappa shape index (κ3) is 5.63. The summed E-state index contributed by atoms with van der Waals surface area (Å²) in [7, 11) is 0. The molecule has 158 valence electrons. The van der Waals surface area contributed by atoms with Gasteiger partial charge < -0.3 is 15.5 Å². The van der Waals surface area contributed by atoms with Gasteiger partial charge in [-0.2, -0.15) is 0 Å². The maximum atomic E-state index is 12.5. The predicted octanol–water partition coefficient (Wildman–Crippen LogP) is 2.83. The van der Waals surface area contributed by atoms with Crippen molar-refractivity contribution in [3.8, 4) is 0 Å². The van der Waals surface area contributed by atoms with Gasteiger partial charge in [-0.15, -0.1) is 0 Å². The van der Waals surface area contributed by atoms with Crippen molar-refractivity contribution in [2.75, 3.05) is 18.4 Å². The lowest BCUT2D eigenvalue weighted by molar-refractivity contribution is -0.384. The van der Waals surface area contributed by atoms with Gasteiger partial charge in [-0.1, -0.05) is 12.1 Å². The summed E-state index contributed by atoms with van der Waals surface area (Å²) in [4.78, 5) is 49.1. The van der Waals surface area contributed by atoms with Crippen LogP contribution in [0.3, 0.4) is 0 Å². The number of benzene rings is 2. The van der Waals surface area contributed by atoms with Crippen molar-refractivity contribution < 1.29 is 19.3 Å². The molecule has 0 aromatic heterocycles. The molecular formula is C21H24N4O5. The topological polar surface area (TPSA) is 122 Å². The van der Waals surface area contributed by atoms with E-state index in [1.54, 1.807) is 29.2 Å². The van der Waals surface area contributed by atoms with Crippen LogP contribution in [0, 0.1) is 10.1 Å². The summed E-state index contributed by atoms with van der Waals surface area (Å²) >= 11 is 0. The summed E-state index contributed by atoms with van der Waals surface area (Å²) in [5.41, 5.74) is 0.740. The van der Waals surface area contributed by atoms with E-state index >= 15 is 0 Å². The Morgan fingerprint density at radius 3 is 2.30 bits per heavy atom. The molecule has 2 rings (SSSR count). The van der Waals surface area contributed by atoms with E-state index in [9.17, 15) is 24.5 Å². The Bertz CT molecular complexity index is 956. The van der Waals surface area contributed by atoms with E-state index in [1.807, 2.05) is 13.8 Å². The smallest absolute Gasteiger partial charge is 0.270 e. The van der Waals surface area contributed by atoms with Crippen LogP contribution in [0.15, 0.2) is 48.5 Å². The van der Waals surface area contributed by atoms with E-state index in [0.717, 1.165) is 6.07 Å². The molecule has 1 atom stereocenters. The molecule has 0 aliphatic carbocycles. The number of non-ortho nitro benzene ring substituents is 1. The van der Waals surface area contributed by atoms with Crippen molar-refractivity contribution in [2.24, 2.45) is 0 Å². The number of nitro groups is 1. The van der Waals surface area contributed by atoms with Crippen molar-refractivity contribution in [2.45, 2.75) is 26.8 Å². The second-order valence-electron chi connectivity index (χ2n) is 6.55. The Labute approximate surface area is 174 Å². The molecule has 2 aromatic rings. The molecular weight excluding hydrogens is 388 g/mol. The van der Waals surface area contributed by atoms with Gasteiger partial charge in [0.15, 0.2) is 0 Å². The number of carbonyl (C=O) groups excluding carboxylic acids is 3. The fourth-order valence-electron chi connectivity index (χ4n) is 2.78. The summed E-state index contributed by atoms with van der Waals surface area (Å²) in [6.45, 7) is 6.42. The van der Waals surface area contributed by atoms with Crippen molar-refractivity contribution in [3.63, 3.8) is 0 Å². The van der Waals surface area contributed by atoms with Gasteiger partial charge in [0.05, 0.1) is 4.92 Å². The zero-order chi connectivity index (χ0) is 22.3. The number of carbonyl (C=O) groups is 3. The quantitative estimate of drug-likeness (QED) is 0.510. The fraction of sp³-hybridized carbons (Fsp3) is 0.286. The summed E-state index contributed by atoms with van der Waals surface area (Å²) in [6.07, 6.45) is 0. The van der Waals surface area contributed by atoms with Crippen molar-refractivity contribution in [1.82, 2.24) is 10.2 Å². The van der Waals surface area contributed by atoms with Gasteiger partial charge in [0.2, 0.25) is 5.91 Å². The summed E-state index contributed by atoms with van der Waals surface area (Å²) in [5, 5.41) is 16.0. The maximum Gasteiger partial charge on any atom is 0.270 e. The van der Waals surface area contributed by atoms with Crippen LogP contribution in [0.4, 0.5) is 11.4 Å². The average molecular weight is 412 g/mol. The van der Waals surface area contributed by atoms with Gasteiger partial charge in [-0.05, 0) is 45.0 Å². The number of amides is 3. The number of nitro benzene ring substituents is 1. The van der Waals surface area contributed by atoms with Crippen LogP contribution in [0.2, 0.25) is 0 Å². The fourth-order valence-corrected chi connectivity index (χ4v) is 2.78. The van der Waals surface area contributed by atoms with Gasteiger partial charge in [0.1, 0.15) is 6.04 Å². The minimum absolute atomic E-state index is 0.0793. The molecule has 0 radical (unpaired) electrons. The molecule has 30 heavy (non-hydrogen) atoms. The third-order valence-electron chi connectivity index (χ3n) is 4.49. The number of rotatable bonds is 8. The Morgan fingerprint density at radius 2 is 1.67 bits per heavy atom. The van der Waals surface area contributed by atoms with Gasteiger partial charge >= 0.3 is 0 Å². The minimum Gasteiger partial charge on any atom is -0.341 e. The molecule has 2 aromatic carbocycles. The maximum absolute atomic E-state index is 12.5. The SMILES string of the molecule is CCN(CC)C(=O)c1cccc(NC(=O)C(C)NC(=O)c2cccc([N+](=O)[O-])c2)c1. The standard InChI is InChI=1S/C21H24N4O5/c1-4-24(5-2)21(28)16-9-6-10-17(12-16)23-19(26)14(3)22-20(27)15-8-7-11-18(13-15)25(29)30/h6-14H,4-5H2,1-3H3,(H,22,27)(H,23,26). The van der Waals surface area contributed by atoms with E-state index in [-0.39, 0.29) is 17.2 Å². The zero-order valence-electron chi connectivity index (χ0n) is 17.0. The lowest BCUT2D eigenvalue weighted by Gasteiger charge is -2.19. The monoisotopic (exact) mass is 412 g/mol. The number of anilines is 1. The van der Waals surface area contributed by atoms with Crippen LogP contribution in [0.25, 0.3) is 0 Å². The first-order valence-corrected chi connectivity index (χ1v) is 9.52. The van der Waals surface area contributed by atoms with Crippen molar-refractivity contribution >= 4 is 29.1 Å². The molecule has 9 heteroatoms. The lowest BCUT2D eigenvalue weighted by Crippen LogP contribution is -2.41.